The number of ether oxygens (including phenoxy) is 1. The van der Waals surface area contributed by atoms with Crippen LogP contribution in [0.4, 0.5) is 5.69 Å². The molecular weight excluding hydrogens is 340 g/mol. The summed E-state index contributed by atoms with van der Waals surface area (Å²) < 4.78 is 4.87. The van der Waals surface area contributed by atoms with Crippen LogP contribution in [-0.2, 0) is 14.3 Å². The molecule has 0 spiro atoms. The molecule has 3 rings (SSSR count). The first kappa shape index (κ1) is 19.2. The first-order valence-corrected chi connectivity index (χ1v) is 9.81. The maximum absolute atomic E-state index is 12.3. The molecule has 0 saturated heterocycles. The Morgan fingerprint density at radius 2 is 1.85 bits per heavy atom. The van der Waals surface area contributed by atoms with Gasteiger partial charge in [0.1, 0.15) is 0 Å². The number of benzene rings is 2. The summed E-state index contributed by atoms with van der Waals surface area (Å²) in [4.78, 5) is 26.0. The van der Waals surface area contributed by atoms with Gasteiger partial charge >= 0.3 is 5.97 Å². The highest BCUT2D eigenvalue weighted by Crippen LogP contribution is 2.37. The highest BCUT2D eigenvalue weighted by atomic mass is 16.5. The number of amides is 1. The summed E-state index contributed by atoms with van der Waals surface area (Å²) in [6, 6.07) is 15.2. The molecule has 0 radical (unpaired) electrons. The number of hydrogen-bond acceptors (Lipinski definition) is 4. The van der Waals surface area contributed by atoms with Crippen LogP contribution in [0.5, 0.6) is 0 Å². The predicted molar refractivity (Wildman–Crippen MR) is 108 cm³/mol. The Hall–Kier alpha value is -2.56. The van der Waals surface area contributed by atoms with E-state index in [4.69, 9.17) is 4.74 Å². The van der Waals surface area contributed by atoms with Crippen molar-refractivity contribution >= 4 is 28.3 Å². The topological polar surface area (TPSA) is 58.6 Å². The van der Waals surface area contributed by atoms with E-state index in [1.165, 1.54) is 16.5 Å². The number of anilines is 1. The second-order valence-corrected chi connectivity index (χ2v) is 6.95. The minimum Gasteiger partial charge on any atom is -0.466 e. The summed E-state index contributed by atoms with van der Waals surface area (Å²) in [6.45, 7) is 5.57. The van der Waals surface area contributed by atoms with Crippen LogP contribution in [0.15, 0.2) is 42.5 Å². The van der Waals surface area contributed by atoms with E-state index >= 15 is 0 Å². The molecule has 1 fully saturated rings. The summed E-state index contributed by atoms with van der Waals surface area (Å²) >= 11 is 0. The molecule has 2 aromatic carbocycles. The van der Waals surface area contributed by atoms with E-state index < -0.39 is 0 Å². The molecule has 5 heteroatoms. The van der Waals surface area contributed by atoms with Gasteiger partial charge in [0.2, 0.25) is 5.91 Å². The van der Waals surface area contributed by atoms with Gasteiger partial charge in [-0.25, -0.2) is 0 Å². The van der Waals surface area contributed by atoms with Gasteiger partial charge in [0.05, 0.1) is 13.0 Å². The maximum Gasteiger partial charge on any atom is 0.307 e. The van der Waals surface area contributed by atoms with E-state index in [-0.39, 0.29) is 24.2 Å². The number of carbonyl (C=O) groups excluding carboxylic acids is 2. The number of carbonyl (C=O) groups is 2. The number of nitrogens with one attached hydrogen (secondary N) is 1. The standard InChI is InChI=1S/C22H28N2O3/c1-3-24(20-11-7-9-16-8-5-6-10-19(16)20)18-14-17(15-18)22(26)23-13-12-21(25)27-4-2/h5-11,17-18H,3-4,12-15H2,1-2H3,(H,23,26). The fourth-order valence-corrected chi connectivity index (χ4v) is 3.81. The van der Waals surface area contributed by atoms with Crippen molar-refractivity contribution in [2.45, 2.75) is 39.2 Å². The highest BCUT2D eigenvalue weighted by Gasteiger charge is 2.37. The van der Waals surface area contributed by atoms with Crippen LogP contribution in [0.2, 0.25) is 0 Å². The van der Waals surface area contributed by atoms with Gasteiger partial charge in [0.15, 0.2) is 0 Å². The van der Waals surface area contributed by atoms with Gasteiger partial charge in [-0.05, 0) is 38.1 Å². The molecule has 1 N–H and O–H groups in total. The molecule has 0 unspecified atom stereocenters. The lowest BCUT2D eigenvalue weighted by atomic mass is 9.78. The summed E-state index contributed by atoms with van der Waals surface area (Å²) in [7, 11) is 0. The van der Waals surface area contributed by atoms with Crippen molar-refractivity contribution in [3.8, 4) is 0 Å². The first-order valence-electron chi connectivity index (χ1n) is 9.81. The minimum absolute atomic E-state index is 0.0289. The molecule has 5 nitrogen and oxygen atoms in total. The number of nitrogens with zero attached hydrogens (tertiary/aromatic N) is 1. The largest absolute Gasteiger partial charge is 0.466 e. The lowest BCUT2D eigenvalue weighted by Crippen LogP contribution is -2.50. The van der Waals surface area contributed by atoms with Crippen molar-refractivity contribution in [3.63, 3.8) is 0 Å². The van der Waals surface area contributed by atoms with E-state index in [1.54, 1.807) is 6.92 Å². The fraction of sp³-hybridized carbons (Fsp3) is 0.455. The molecule has 0 aromatic heterocycles. The Labute approximate surface area is 160 Å². The molecule has 144 valence electrons. The molecule has 1 aliphatic rings. The summed E-state index contributed by atoms with van der Waals surface area (Å²) in [5, 5.41) is 5.35. The smallest absolute Gasteiger partial charge is 0.307 e. The monoisotopic (exact) mass is 368 g/mol. The second kappa shape index (κ2) is 8.89. The van der Waals surface area contributed by atoms with Crippen LogP contribution in [-0.4, -0.2) is 37.6 Å². The van der Waals surface area contributed by atoms with Gasteiger partial charge in [-0.1, -0.05) is 36.4 Å². The van der Waals surface area contributed by atoms with Crippen LogP contribution in [0.1, 0.15) is 33.1 Å². The fourth-order valence-electron chi connectivity index (χ4n) is 3.81. The molecule has 0 bridgehead atoms. The van der Waals surface area contributed by atoms with Crippen LogP contribution in [0, 0.1) is 5.92 Å². The van der Waals surface area contributed by atoms with Gasteiger partial charge in [0.25, 0.3) is 0 Å². The third-order valence-electron chi connectivity index (χ3n) is 5.28. The van der Waals surface area contributed by atoms with E-state index in [0.29, 0.717) is 19.2 Å². The average molecular weight is 368 g/mol. The zero-order valence-corrected chi connectivity index (χ0v) is 16.1. The number of fused-ring (bicyclic) bond motifs is 1. The molecular formula is C22H28N2O3. The average Bonchev–Trinajstić information content (AvgIpc) is 2.64. The third-order valence-corrected chi connectivity index (χ3v) is 5.28. The van der Waals surface area contributed by atoms with Gasteiger partial charge in [-0.15, -0.1) is 0 Å². The normalized spacial score (nSPS) is 18.6. The molecule has 0 aliphatic heterocycles. The number of esters is 1. The van der Waals surface area contributed by atoms with Crippen molar-refractivity contribution in [1.82, 2.24) is 5.32 Å². The molecule has 0 heterocycles. The van der Waals surface area contributed by atoms with Crippen molar-refractivity contribution < 1.29 is 14.3 Å². The van der Waals surface area contributed by atoms with Gasteiger partial charge in [-0.3, -0.25) is 9.59 Å². The first-order chi connectivity index (χ1) is 13.1. The molecule has 0 atom stereocenters. The summed E-state index contributed by atoms with van der Waals surface area (Å²) in [5.74, 6) is -0.192. The Balaban J connectivity index is 1.56. The Kier molecular flexibility index (Phi) is 6.32. The lowest BCUT2D eigenvalue weighted by molar-refractivity contribution is -0.143. The van der Waals surface area contributed by atoms with E-state index in [1.807, 2.05) is 0 Å². The van der Waals surface area contributed by atoms with Crippen molar-refractivity contribution in [1.29, 1.82) is 0 Å². The van der Waals surface area contributed by atoms with Crippen molar-refractivity contribution in [3.05, 3.63) is 42.5 Å². The Bertz CT molecular complexity index is 794. The van der Waals surface area contributed by atoms with Crippen LogP contribution in [0.25, 0.3) is 10.8 Å². The zero-order valence-electron chi connectivity index (χ0n) is 16.1. The quantitative estimate of drug-likeness (QED) is 0.725. The van der Waals surface area contributed by atoms with Crippen LogP contribution in [0.3, 0.4) is 0 Å². The molecule has 1 saturated carbocycles. The van der Waals surface area contributed by atoms with Crippen molar-refractivity contribution in [2.24, 2.45) is 5.92 Å². The van der Waals surface area contributed by atoms with Crippen LogP contribution < -0.4 is 10.2 Å². The maximum atomic E-state index is 12.3. The molecule has 27 heavy (non-hydrogen) atoms. The summed E-state index contributed by atoms with van der Waals surface area (Å²) in [6.07, 6.45) is 1.93. The molecule has 1 amide bonds. The van der Waals surface area contributed by atoms with Gasteiger partial charge < -0.3 is 15.0 Å². The van der Waals surface area contributed by atoms with E-state index in [0.717, 1.165) is 19.4 Å². The predicted octanol–water partition coefficient (Wildman–Crippen LogP) is 3.51. The summed E-state index contributed by atoms with van der Waals surface area (Å²) in [5.41, 5.74) is 1.24. The van der Waals surface area contributed by atoms with Gasteiger partial charge in [-0.2, -0.15) is 0 Å². The minimum atomic E-state index is -0.266. The number of hydrogen-bond donors (Lipinski definition) is 1. The SMILES string of the molecule is CCOC(=O)CCNC(=O)C1CC(N(CC)c2cccc3ccccc23)C1. The Morgan fingerprint density at radius 1 is 1.11 bits per heavy atom. The third kappa shape index (κ3) is 4.41. The second-order valence-electron chi connectivity index (χ2n) is 6.95. The lowest BCUT2D eigenvalue weighted by Gasteiger charge is -2.43. The molecule has 2 aromatic rings. The number of rotatable bonds is 8. The van der Waals surface area contributed by atoms with Crippen LogP contribution >= 0.6 is 0 Å². The van der Waals surface area contributed by atoms with Crippen molar-refractivity contribution in [2.75, 3.05) is 24.6 Å². The molecule has 1 aliphatic carbocycles. The zero-order chi connectivity index (χ0) is 19.2. The van der Waals surface area contributed by atoms with E-state index in [2.05, 4.69) is 59.6 Å². The van der Waals surface area contributed by atoms with Gasteiger partial charge in [0, 0.05) is 36.1 Å². The Morgan fingerprint density at radius 3 is 2.59 bits per heavy atom. The highest BCUT2D eigenvalue weighted by molar-refractivity contribution is 5.94. The van der Waals surface area contributed by atoms with E-state index in [9.17, 15) is 9.59 Å².